The molecule has 1 aromatic heterocycles. The van der Waals surface area contributed by atoms with Crippen LogP contribution in [0.5, 0.6) is 0 Å². The molecule has 3 aromatic rings. The van der Waals surface area contributed by atoms with Crippen LogP contribution in [0.25, 0.3) is 22.0 Å². The predicted molar refractivity (Wildman–Crippen MR) is 130 cm³/mol. The number of fused-ring (bicyclic) bond motifs is 1. The maximum Gasteiger partial charge on any atom is 0.268 e. The number of carbonyl (C=O) groups is 1. The number of ketones is 1. The molecule has 0 aliphatic carbocycles. The third kappa shape index (κ3) is 7.29. The van der Waals surface area contributed by atoms with Crippen molar-refractivity contribution < 1.29 is 28.4 Å². The van der Waals surface area contributed by atoms with Crippen molar-refractivity contribution >= 4 is 24.5 Å². The number of hydrogen-bond acceptors (Lipinski definition) is 7. The van der Waals surface area contributed by atoms with E-state index in [0.717, 1.165) is 33.2 Å². The molecule has 1 unspecified atom stereocenters. The number of aliphatic hydroxyl groups excluding tert-OH is 1. The highest BCUT2D eigenvalue weighted by molar-refractivity contribution is 7.45. The fraction of sp³-hybridized carbons (Fsp3) is 0.385. The number of unbranched alkanes of at least 4 members (excludes halogenated alkanes) is 1. The number of Topliss-reactive ketones (excluding diaryl/α,β-unsaturated/α-hetero) is 1. The number of benzene rings is 2. The molecule has 2 aromatic carbocycles. The zero-order valence-corrected chi connectivity index (χ0v) is 20.5. The largest absolute Gasteiger partial charge is 0.756 e. The summed E-state index contributed by atoms with van der Waals surface area (Å²) in [6.45, 7) is 3.26. The number of hydrogen-bond donors (Lipinski definition) is 1. The van der Waals surface area contributed by atoms with Gasteiger partial charge in [0, 0.05) is 31.0 Å². The summed E-state index contributed by atoms with van der Waals surface area (Å²) < 4.78 is 21.2. The summed E-state index contributed by atoms with van der Waals surface area (Å²) in [6.07, 6.45) is 3.29. The molecule has 182 valence electrons. The summed E-state index contributed by atoms with van der Waals surface area (Å²) in [5.74, 6) is 0.0496. The van der Waals surface area contributed by atoms with E-state index in [1.54, 1.807) is 20.0 Å². The molecule has 0 bridgehead atoms. The van der Waals surface area contributed by atoms with Gasteiger partial charge >= 0.3 is 0 Å². The molecule has 1 N–H and O–H groups in total. The minimum Gasteiger partial charge on any atom is -0.756 e. The molecule has 0 aliphatic rings. The van der Waals surface area contributed by atoms with E-state index >= 15 is 0 Å². The normalized spacial score (nSPS) is 13.3. The number of phosphoric ester groups is 1. The van der Waals surface area contributed by atoms with Gasteiger partial charge in [0.25, 0.3) is 7.82 Å². The average molecular weight is 485 g/mol. The summed E-state index contributed by atoms with van der Waals surface area (Å²) >= 11 is 0. The Morgan fingerprint density at radius 3 is 2.56 bits per heavy atom. The lowest BCUT2D eigenvalue weighted by Gasteiger charge is -2.24. The first-order valence-corrected chi connectivity index (χ1v) is 13.0. The van der Waals surface area contributed by atoms with Crippen molar-refractivity contribution in [2.24, 2.45) is 0 Å². The summed E-state index contributed by atoms with van der Waals surface area (Å²) in [6, 6.07) is 15.8. The first-order valence-electron chi connectivity index (χ1n) is 11.5. The van der Waals surface area contributed by atoms with Crippen LogP contribution < -0.4 is 4.89 Å². The molecule has 7 nitrogen and oxygen atoms in total. The second-order valence-electron chi connectivity index (χ2n) is 8.42. The number of rotatable bonds is 13. The Hall–Kier alpha value is -2.41. The highest BCUT2D eigenvalue weighted by atomic mass is 31.2. The van der Waals surface area contributed by atoms with E-state index in [2.05, 4.69) is 4.98 Å². The van der Waals surface area contributed by atoms with Gasteiger partial charge in [-0.25, -0.2) is 0 Å². The van der Waals surface area contributed by atoms with Crippen LogP contribution >= 0.6 is 7.82 Å². The molecule has 0 spiro atoms. The standard InChI is InChI=1S/C26H32NO6P/c1-19(2)33-34(30,31)32-16-7-6-12-23(29)17-22-18-27-26-21(14-15-28)11-8-13-24(26)25(22)20-9-4-3-5-10-20/h3-5,8-11,13,18-19,28H,6-7,12,14-17H2,1-2H3,(H,30,31)/p-1. The van der Waals surface area contributed by atoms with E-state index in [0.29, 0.717) is 25.7 Å². The predicted octanol–water partition coefficient (Wildman–Crippen LogP) is 4.63. The van der Waals surface area contributed by atoms with Gasteiger partial charge in [0.2, 0.25) is 0 Å². The van der Waals surface area contributed by atoms with E-state index < -0.39 is 13.9 Å². The Morgan fingerprint density at radius 2 is 1.85 bits per heavy atom. The van der Waals surface area contributed by atoms with E-state index in [1.807, 2.05) is 48.5 Å². The lowest BCUT2D eigenvalue weighted by atomic mass is 9.92. The van der Waals surface area contributed by atoms with Crippen LogP contribution in [0.2, 0.25) is 0 Å². The Kier molecular flexibility index (Phi) is 9.51. The Bertz CT molecular complexity index is 1150. The lowest BCUT2D eigenvalue weighted by molar-refractivity contribution is -0.228. The SMILES string of the molecule is CC(C)OP(=O)([O-])OCCCCC(=O)Cc1cnc2c(CCO)cccc2c1-c1ccccc1. The third-order valence-electron chi connectivity index (χ3n) is 5.33. The van der Waals surface area contributed by atoms with E-state index in [9.17, 15) is 19.4 Å². The number of carbonyl (C=O) groups excluding carboxylic acids is 1. The lowest BCUT2D eigenvalue weighted by Crippen LogP contribution is -2.13. The van der Waals surface area contributed by atoms with Crippen molar-refractivity contribution in [3.8, 4) is 11.1 Å². The van der Waals surface area contributed by atoms with Gasteiger partial charge in [-0.1, -0.05) is 48.5 Å². The molecule has 0 saturated heterocycles. The average Bonchev–Trinajstić information content (AvgIpc) is 2.78. The number of phosphoric acid groups is 1. The smallest absolute Gasteiger partial charge is 0.268 e. The topological polar surface area (TPSA) is 109 Å². The summed E-state index contributed by atoms with van der Waals surface area (Å²) in [7, 11) is -4.30. The first kappa shape index (κ1) is 26.2. The second kappa shape index (κ2) is 12.3. The molecule has 3 rings (SSSR count). The van der Waals surface area contributed by atoms with Crippen LogP contribution in [-0.2, 0) is 31.2 Å². The van der Waals surface area contributed by atoms with Crippen LogP contribution in [0.4, 0.5) is 0 Å². The molecule has 0 radical (unpaired) electrons. The van der Waals surface area contributed by atoms with Crippen molar-refractivity contribution in [1.29, 1.82) is 0 Å². The molecule has 0 fully saturated rings. The number of pyridine rings is 1. The Balaban J connectivity index is 1.72. The monoisotopic (exact) mass is 484 g/mol. The number of nitrogens with zero attached hydrogens (tertiary/aromatic N) is 1. The van der Waals surface area contributed by atoms with Crippen LogP contribution in [-0.4, -0.2) is 35.2 Å². The summed E-state index contributed by atoms with van der Waals surface area (Å²) in [5, 5.41) is 10.4. The van der Waals surface area contributed by atoms with Gasteiger partial charge in [-0.2, -0.15) is 0 Å². The Labute approximate surface area is 200 Å². The van der Waals surface area contributed by atoms with E-state index in [-0.39, 0.29) is 25.4 Å². The second-order valence-corrected chi connectivity index (χ2v) is 9.78. The molecule has 1 atom stereocenters. The highest BCUT2D eigenvalue weighted by Crippen LogP contribution is 2.39. The summed E-state index contributed by atoms with van der Waals surface area (Å²) in [4.78, 5) is 29.0. The van der Waals surface area contributed by atoms with Crippen LogP contribution in [0, 0.1) is 0 Å². The van der Waals surface area contributed by atoms with Crippen molar-refractivity contribution in [2.45, 2.75) is 52.1 Å². The molecule has 0 saturated carbocycles. The van der Waals surface area contributed by atoms with Gasteiger partial charge in [-0.05, 0) is 55.4 Å². The fourth-order valence-electron chi connectivity index (χ4n) is 3.92. The molecule has 8 heteroatoms. The van der Waals surface area contributed by atoms with Crippen LogP contribution in [0.1, 0.15) is 44.2 Å². The number of aromatic nitrogens is 1. The van der Waals surface area contributed by atoms with Crippen molar-refractivity contribution in [3.05, 3.63) is 65.9 Å². The Morgan fingerprint density at radius 1 is 1.09 bits per heavy atom. The molecular weight excluding hydrogens is 453 g/mol. The fourth-order valence-corrected chi connectivity index (χ4v) is 4.85. The maximum atomic E-state index is 12.8. The molecule has 1 heterocycles. The van der Waals surface area contributed by atoms with Gasteiger partial charge in [-0.3, -0.25) is 14.3 Å². The van der Waals surface area contributed by atoms with E-state index in [1.165, 1.54) is 0 Å². The van der Waals surface area contributed by atoms with Gasteiger partial charge in [0.05, 0.1) is 18.2 Å². The van der Waals surface area contributed by atoms with Gasteiger partial charge in [0.15, 0.2) is 0 Å². The minimum atomic E-state index is -4.30. The molecule has 0 amide bonds. The van der Waals surface area contributed by atoms with Gasteiger partial charge in [0.1, 0.15) is 5.78 Å². The van der Waals surface area contributed by atoms with Crippen molar-refractivity contribution in [2.75, 3.05) is 13.2 Å². The van der Waals surface area contributed by atoms with Crippen molar-refractivity contribution in [3.63, 3.8) is 0 Å². The molecule has 34 heavy (non-hydrogen) atoms. The number of para-hydroxylation sites is 1. The zero-order chi connectivity index (χ0) is 24.6. The molecule has 0 aliphatic heterocycles. The minimum absolute atomic E-state index is 0.0127. The quantitative estimate of drug-likeness (QED) is 0.278. The van der Waals surface area contributed by atoms with Crippen LogP contribution in [0.15, 0.2) is 54.7 Å². The third-order valence-corrected chi connectivity index (χ3v) is 6.51. The van der Waals surface area contributed by atoms with Gasteiger partial charge in [-0.15, -0.1) is 0 Å². The molecular formula is C26H31NO6P-. The maximum absolute atomic E-state index is 12.8. The zero-order valence-electron chi connectivity index (χ0n) is 19.6. The van der Waals surface area contributed by atoms with Crippen molar-refractivity contribution in [1.82, 2.24) is 4.98 Å². The van der Waals surface area contributed by atoms with E-state index in [4.69, 9.17) is 9.05 Å². The summed E-state index contributed by atoms with van der Waals surface area (Å²) in [5.41, 5.74) is 4.61. The highest BCUT2D eigenvalue weighted by Gasteiger charge is 2.16. The van der Waals surface area contributed by atoms with Crippen LogP contribution in [0.3, 0.4) is 0 Å². The number of aliphatic hydroxyl groups is 1. The first-order chi connectivity index (χ1) is 16.3. The van der Waals surface area contributed by atoms with Gasteiger partial charge < -0.3 is 19.0 Å².